The van der Waals surface area contributed by atoms with E-state index in [4.69, 9.17) is 5.73 Å². The summed E-state index contributed by atoms with van der Waals surface area (Å²) in [5, 5.41) is 7.22. The van der Waals surface area contributed by atoms with Gasteiger partial charge in [0.2, 0.25) is 0 Å². The van der Waals surface area contributed by atoms with Gasteiger partial charge in [0.25, 0.3) is 30.1 Å². The van der Waals surface area contributed by atoms with Crippen molar-refractivity contribution in [2.75, 3.05) is 76.3 Å². The second-order valence-corrected chi connectivity index (χ2v) is 36.2. The minimum absolute atomic E-state index is 0.107. The largest absolute Gasteiger partial charge is 0.398 e. The second-order valence-electron chi connectivity index (χ2n) is 31.3. The summed E-state index contributed by atoms with van der Waals surface area (Å²) in [6.07, 6.45) is 14.0. The maximum Gasteiger partial charge on any atom is 0.264 e. The first-order valence-corrected chi connectivity index (χ1v) is 43.1. The van der Waals surface area contributed by atoms with Crippen molar-refractivity contribution in [2.24, 2.45) is 0 Å². The van der Waals surface area contributed by atoms with Crippen LogP contribution in [0.2, 0.25) is 0 Å². The van der Waals surface area contributed by atoms with Crippen molar-refractivity contribution >= 4 is 87.3 Å². The number of carbonyl (C=O) groups is 4. The number of nitrogens with zero attached hydrogens (tertiary/aromatic N) is 3. The molecule has 8 aromatic rings. The van der Waals surface area contributed by atoms with Crippen LogP contribution in [0.25, 0.3) is 0 Å². The first-order chi connectivity index (χ1) is 54.0. The van der Waals surface area contributed by atoms with E-state index in [0.29, 0.717) is 49.1 Å². The minimum Gasteiger partial charge on any atom is -0.398 e. The number of nitrogens with two attached hydrogens (primary N) is 1. The molecular weight excluding hydrogens is 1520 g/mol. The lowest BCUT2D eigenvalue weighted by Gasteiger charge is -2.38. The highest BCUT2D eigenvalue weighted by molar-refractivity contribution is 7.93. The summed E-state index contributed by atoms with van der Waals surface area (Å²) < 4.78 is 167. The Labute approximate surface area is 655 Å². The number of nitrogens with one attached hydrogen (secondary N) is 5. The number of hydrogen-bond donors (Lipinski definition) is 6. The van der Waals surface area contributed by atoms with E-state index in [1.54, 1.807) is 30.3 Å². The standard InChI is InChI=1S/C30H31F2N3O3S.C25H29F2N3O3S.C18H16F2N2O3S.C12H15NO/c31-21-9-10-28(26(32)14-21)39(37,38)34-23-15-25-24(17-29(36)30(25)11-5-12-30)27(16-23)33-22-8-4-13-35(19-22)18-20-6-2-1-3-7-20;1-2-30-10-3-5-17(15-30)28-22-13-18(12-20-19(22)14-24(31)25(20)8-4-9-25)29-34(32,33)23-7-6-16(26)11-21(23)27;19-10-2-3-16(14(20)6-10)26(24,25)22-11-7-13-12(15(21)8-11)9-17(23)18(13)4-1-5-18;14-12-7-4-8-13(10-12)9-11-5-2-1-3-6-11/h1-3,6-7,9-10,14-16,22,33-34H,4-5,8,11-13,17-19H2;6-7,11-13,17,28-29H,2-5,8-10,14-15H2,1H3;2-3,6-8,22H,1,4-5,9,21H2;1-3,5-6H,4,7-10H2. The summed E-state index contributed by atoms with van der Waals surface area (Å²) in [4.78, 5) is 54.9. The monoisotopic (exact) mass is 1610 g/mol. The molecule has 8 aromatic carbocycles. The number of benzene rings is 8. The van der Waals surface area contributed by atoms with Gasteiger partial charge in [-0.15, -0.1) is 0 Å². The summed E-state index contributed by atoms with van der Waals surface area (Å²) in [5.41, 5.74) is 14.5. The molecule has 113 heavy (non-hydrogen) atoms. The van der Waals surface area contributed by atoms with Crippen LogP contribution in [0.15, 0.2) is 166 Å². The van der Waals surface area contributed by atoms with Gasteiger partial charge in [0.1, 0.15) is 72.7 Å². The molecule has 6 fully saturated rings. The quantitative estimate of drug-likeness (QED) is 0.0344. The molecule has 6 aliphatic carbocycles. The number of ketones is 4. The number of carbonyl (C=O) groups excluding carboxylic acids is 4. The average molecular weight is 1610 g/mol. The Bertz CT molecular complexity index is 5360. The molecule has 2 atom stereocenters. The van der Waals surface area contributed by atoms with E-state index in [2.05, 4.69) is 70.7 Å². The molecule has 0 radical (unpaired) electrons. The van der Waals surface area contributed by atoms with Crippen LogP contribution in [-0.2, 0) is 97.8 Å². The van der Waals surface area contributed by atoms with Crippen molar-refractivity contribution in [3.8, 4) is 0 Å². The summed E-state index contributed by atoms with van der Waals surface area (Å²) >= 11 is 0. The van der Waals surface area contributed by atoms with Crippen molar-refractivity contribution in [1.29, 1.82) is 0 Å². The average Bonchev–Trinajstić information content (AvgIpc) is 1.59. The predicted molar refractivity (Wildman–Crippen MR) is 421 cm³/mol. The molecule has 3 heterocycles. The van der Waals surface area contributed by atoms with Crippen molar-refractivity contribution < 1.29 is 70.8 Å². The molecule has 0 amide bonds. The number of anilines is 6. The molecule has 3 saturated carbocycles. The number of piperidine rings is 3. The fourth-order valence-corrected chi connectivity index (χ4v) is 21.0. The van der Waals surface area contributed by atoms with E-state index in [1.165, 1.54) is 17.2 Å². The number of halogens is 6. The predicted octanol–water partition coefficient (Wildman–Crippen LogP) is 14.3. The van der Waals surface area contributed by atoms with Crippen LogP contribution in [-0.4, -0.2) is 121 Å². The van der Waals surface area contributed by atoms with Crippen LogP contribution in [0.1, 0.15) is 148 Å². The van der Waals surface area contributed by atoms with Gasteiger partial charge in [0.15, 0.2) is 0 Å². The number of rotatable bonds is 18. The van der Waals surface area contributed by atoms with E-state index in [9.17, 15) is 70.8 Å². The van der Waals surface area contributed by atoms with Gasteiger partial charge >= 0.3 is 0 Å². The summed E-state index contributed by atoms with van der Waals surface area (Å²) in [6.45, 7) is 10.3. The van der Waals surface area contributed by atoms with Crippen molar-refractivity contribution in [1.82, 2.24) is 14.7 Å². The Morgan fingerprint density at radius 3 is 1.17 bits per heavy atom. The Kier molecular flexibility index (Phi) is 23.3. The summed E-state index contributed by atoms with van der Waals surface area (Å²) in [6, 6.07) is 37.8. The van der Waals surface area contributed by atoms with Gasteiger partial charge in [0, 0.05) is 99.2 Å². The lowest BCUT2D eigenvalue weighted by molar-refractivity contribution is -0.126. The third kappa shape index (κ3) is 17.1. The third-order valence-electron chi connectivity index (χ3n) is 23.9. The minimum atomic E-state index is -4.32. The highest BCUT2D eigenvalue weighted by Gasteiger charge is 2.54. The number of likely N-dealkylation sites (tertiary alicyclic amines) is 3. The number of sulfonamides is 3. The van der Waals surface area contributed by atoms with Crippen LogP contribution in [0.3, 0.4) is 0 Å². The summed E-state index contributed by atoms with van der Waals surface area (Å²) in [5.74, 6) is -5.22. The third-order valence-corrected chi connectivity index (χ3v) is 28.1. The Hall–Kier alpha value is -9.45. The van der Waals surface area contributed by atoms with Gasteiger partial charge < -0.3 is 21.3 Å². The molecule has 0 bridgehead atoms. The van der Waals surface area contributed by atoms with Crippen LogP contribution < -0.4 is 30.5 Å². The molecule has 596 valence electrons. The molecule has 3 spiro atoms. The number of likely N-dealkylation sites (N-methyl/N-ethyl adjacent to an activating group) is 1. The molecule has 17 rings (SSSR count). The van der Waals surface area contributed by atoms with Gasteiger partial charge in [-0.3, -0.25) is 43.1 Å². The number of Topliss-reactive ketones (excluding diaryl/α,β-unsaturated/α-hetero) is 4. The zero-order chi connectivity index (χ0) is 79.8. The normalized spacial score (nSPS) is 20.0. The van der Waals surface area contributed by atoms with E-state index < -0.39 is 95.9 Å². The fourth-order valence-electron chi connectivity index (χ4n) is 17.7. The molecule has 3 saturated heterocycles. The molecule has 19 nitrogen and oxygen atoms in total. The van der Waals surface area contributed by atoms with Gasteiger partial charge in [-0.2, -0.15) is 0 Å². The van der Waals surface area contributed by atoms with Crippen LogP contribution >= 0.6 is 0 Å². The maximum atomic E-state index is 14.4. The van der Waals surface area contributed by atoms with Crippen molar-refractivity contribution in [3.63, 3.8) is 0 Å². The molecule has 3 aliphatic heterocycles. The fraction of sp³-hybridized carbons (Fsp3) is 0.388. The zero-order valence-corrected chi connectivity index (χ0v) is 65.1. The van der Waals surface area contributed by atoms with Gasteiger partial charge in [-0.25, -0.2) is 51.6 Å². The van der Waals surface area contributed by atoms with E-state index in [1.807, 2.05) is 36.4 Å². The lowest BCUT2D eigenvalue weighted by Crippen LogP contribution is -2.42. The number of nitrogen functional groups attached to an aromatic ring is 1. The van der Waals surface area contributed by atoms with E-state index >= 15 is 0 Å². The molecular formula is C85H91F6N9O10S3. The highest BCUT2D eigenvalue weighted by Crippen LogP contribution is 2.56. The first kappa shape index (κ1) is 80.2. The lowest BCUT2D eigenvalue weighted by atomic mass is 9.64. The molecule has 9 aliphatic rings. The van der Waals surface area contributed by atoms with Crippen molar-refractivity contribution in [2.45, 2.75) is 179 Å². The van der Waals surface area contributed by atoms with Gasteiger partial charge in [0.05, 0.1) is 39.9 Å². The van der Waals surface area contributed by atoms with Gasteiger partial charge in [-0.1, -0.05) is 86.8 Å². The van der Waals surface area contributed by atoms with E-state index in [-0.39, 0.29) is 52.9 Å². The van der Waals surface area contributed by atoms with Crippen LogP contribution in [0.4, 0.5) is 60.5 Å². The SMILES string of the molecule is CCN1CCCC(Nc2cc(NS(=O)(=O)c3ccc(F)cc3F)cc3c2CC(=O)C32CCC2)C1.Nc1cc(NS(=O)(=O)c2ccc(F)cc2F)cc2c1CC(=O)C21CCC1.O=C1CCCN(Cc2ccccc2)C1.O=C1Cc2c(NC3CCCN(Cc4ccccc4)C3)cc(NS(=O)(=O)c3ccc(F)cc3F)cc2C12CCC2. The molecule has 7 N–H and O–H groups in total. The molecule has 0 aromatic heterocycles. The highest BCUT2D eigenvalue weighted by atomic mass is 32.2. The number of hydrogen-bond acceptors (Lipinski definition) is 16. The van der Waals surface area contributed by atoms with Crippen molar-refractivity contribution in [3.05, 3.63) is 231 Å². The smallest absolute Gasteiger partial charge is 0.264 e. The summed E-state index contributed by atoms with van der Waals surface area (Å²) in [7, 11) is -12.9. The molecule has 28 heteroatoms. The topological polar surface area (TPSA) is 267 Å². The molecule has 2 unspecified atom stereocenters. The Morgan fingerprint density at radius 1 is 0.425 bits per heavy atom. The zero-order valence-electron chi connectivity index (χ0n) is 62.7. The van der Waals surface area contributed by atoms with Crippen LogP contribution in [0.5, 0.6) is 0 Å². The first-order valence-electron chi connectivity index (χ1n) is 38.6. The Balaban J connectivity index is 0.000000131. The maximum absolute atomic E-state index is 14.4. The van der Waals surface area contributed by atoms with Crippen LogP contribution in [0, 0.1) is 34.9 Å². The second kappa shape index (κ2) is 32.8. The van der Waals surface area contributed by atoms with Gasteiger partial charge in [-0.05, 0) is 214 Å². The Morgan fingerprint density at radius 2 is 0.788 bits per heavy atom. The number of fused-ring (bicyclic) bond motifs is 6. The van der Waals surface area contributed by atoms with E-state index in [0.717, 1.165) is 230 Å².